The molecule has 1 amide bonds. The molecule has 2 N–H and O–H groups in total. The summed E-state index contributed by atoms with van der Waals surface area (Å²) in [5, 5.41) is 2.92. The molecule has 0 aromatic heterocycles. The molecule has 1 saturated heterocycles. The molecule has 1 aliphatic carbocycles. The molecular formula is C16H22N2O4S. The summed E-state index contributed by atoms with van der Waals surface area (Å²) < 4.78 is 32.1. The molecule has 6 nitrogen and oxygen atoms in total. The van der Waals surface area contributed by atoms with Crippen LogP contribution in [-0.2, 0) is 21.3 Å². The Morgan fingerprint density at radius 3 is 2.78 bits per heavy atom. The first-order chi connectivity index (χ1) is 11.0. The van der Waals surface area contributed by atoms with Gasteiger partial charge in [-0.1, -0.05) is 12.1 Å². The lowest BCUT2D eigenvalue weighted by atomic mass is 10.1. The SMILES string of the molecule is O=C(NC1CC1)c1cccc(CNS(=O)(=O)CC2CCCO2)c1. The van der Waals surface area contributed by atoms with Crippen molar-refractivity contribution in [3.63, 3.8) is 0 Å². The van der Waals surface area contributed by atoms with E-state index in [0.29, 0.717) is 18.2 Å². The van der Waals surface area contributed by atoms with E-state index >= 15 is 0 Å². The molecule has 2 fully saturated rings. The van der Waals surface area contributed by atoms with Crippen molar-refractivity contribution >= 4 is 15.9 Å². The van der Waals surface area contributed by atoms with Crippen LogP contribution in [0.2, 0.25) is 0 Å². The predicted octanol–water partition coefficient (Wildman–Crippen LogP) is 1.18. The first-order valence-electron chi connectivity index (χ1n) is 8.00. The van der Waals surface area contributed by atoms with Crippen LogP contribution in [0.1, 0.15) is 41.6 Å². The third kappa shape index (κ3) is 5.02. The smallest absolute Gasteiger partial charge is 0.251 e. The standard InChI is InChI=1S/C16H22N2O4S/c19-16(18-14-6-7-14)13-4-1-3-12(9-13)10-17-23(20,21)11-15-5-2-8-22-15/h1,3-4,9,14-15,17H,2,5-8,10-11H2,(H,18,19). The molecule has 1 aromatic rings. The number of hydrogen-bond donors (Lipinski definition) is 2. The average Bonchev–Trinajstić information content (AvgIpc) is 3.19. The van der Waals surface area contributed by atoms with Gasteiger partial charge in [-0.15, -0.1) is 0 Å². The van der Waals surface area contributed by atoms with E-state index in [2.05, 4.69) is 10.0 Å². The van der Waals surface area contributed by atoms with E-state index in [9.17, 15) is 13.2 Å². The molecule has 0 spiro atoms. The van der Waals surface area contributed by atoms with E-state index in [4.69, 9.17) is 4.74 Å². The molecule has 1 unspecified atom stereocenters. The Morgan fingerprint density at radius 1 is 1.26 bits per heavy atom. The lowest BCUT2D eigenvalue weighted by molar-refractivity contribution is 0.0951. The molecule has 2 aliphatic rings. The maximum atomic E-state index is 12.1. The molecule has 126 valence electrons. The summed E-state index contributed by atoms with van der Waals surface area (Å²) in [6, 6.07) is 7.35. The second-order valence-corrected chi connectivity index (χ2v) is 8.04. The summed E-state index contributed by atoms with van der Waals surface area (Å²) in [6.07, 6.45) is 3.57. The zero-order valence-corrected chi connectivity index (χ0v) is 13.8. The minimum atomic E-state index is -3.38. The molecular weight excluding hydrogens is 316 g/mol. The van der Waals surface area contributed by atoms with Gasteiger partial charge >= 0.3 is 0 Å². The molecule has 7 heteroatoms. The highest BCUT2D eigenvalue weighted by Crippen LogP contribution is 2.19. The Bertz CT molecular complexity index is 664. The van der Waals surface area contributed by atoms with Crippen molar-refractivity contribution in [2.45, 2.75) is 44.4 Å². The summed E-state index contributed by atoms with van der Waals surface area (Å²) in [5.41, 5.74) is 1.33. The van der Waals surface area contributed by atoms with Crippen LogP contribution >= 0.6 is 0 Å². The van der Waals surface area contributed by atoms with Crippen LogP contribution in [0.3, 0.4) is 0 Å². The van der Waals surface area contributed by atoms with Gasteiger partial charge in [-0.2, -0.15) is 0 Å². The molecule has 3 rings (SSSR count). The topological polar surface area (TPSA) is 84.5 Å². The van der Waals surface area contributed by atoms with Gasteiger partial charge in [-0.3, -0.25) is 4.79 Å². The Balaban J connectivity index is 1.55. The lowest BCUT2D eigenvalue weighted by Gasteiger charge is -2.12. The first-order valence-corrected chi connectivity index (χ1v) is 9.66. The third-order valence-electron chi connectivity index (χ3n) is 4.03. The van der Waals surface area contributed by atoms with Gasteiger partial charge < -0.3 is 10.1 Å². The van der Waals surface area contributed by atoms with Crippen LogP contribution in [0.5, 0.6) is 0 Å². The number of nitrogens with one attached hydrogen (secondary N) is 2. The van der Waals surface area contributed by atoms with Crippen LogP contribution < -0.4 is 10.0 Å². The molecule has 1 saturated carbocycles. The highest BCUT2D eigenvalue weighted by atomic mass is 32.2. The zero-order chi connectivity index (χ0) is 16.3. The number of amides is 1. The number of sulfonamides is 1. The normalized spacial score (nSPS) is 21.3. The number of carbonyl (C=O) groups excluding carboxylic acids is 1. The molecule has 23 heavy (non-hydrogen) atoms. The summed E-state index contributed by atoms with van der Waals surface area (Å²) >= 11 is 0. The second kappa shape index (κ2) is 6.98. The minimum absolute atomic E-state index is 0.00510. The molecule has 0 radical (unpaired) electrons. The van der Waals surface area contributed by atoms with Gasteiger partial charge in [0.05, 0.1) is 11.9 Å². The van der Waals surface area contributed by atoms with E-state index in [0.717, 1.165) is 31.2 Å². The fourth-order valence-electron chi connectivity index (χ4n) is 2.59. The van der Waals surface area contributed by atoms with E-state index < -0.39 is 10.0 Å². The Kier molecular flexibility index (Phi) is 4.99. The number of hydrogen-bond acceptors (Lipinski definition) is 4. The van der Waals surface area contributed by atoms with E-state index in [-0.39, 0.29) is 24.3 Å². The van der Waals surface area contributed by atoms with Gasteiger partial charge in [0.2, 0.25) is 10.0 Å². The van der Waals surface area contributed by atoms with Crippen molar-refractivity contribution in [1.82, 2.24) is 10.0 Å². The Morgan fingerprint density at radius 2 is 2.09 bits per heavy atom. The largest absolute Gasteiger partial charge is 0.377 e. The first kappa shape index (κ1) is 16.4. The van der Waals surface area contributed by atoms with Gasteiger partial charge in [-0.05, 0) is 43.4 Å². The molecule has 1 aromatic carbocycles. The summed E-state index contributed by atoms with van der Waals surface area (Å²) in [5.74, 6) is -0.106. The molecule has 0 bridgehead atoms. The highest BCUT2D eigenvalue weighted by Gasteiger charge is 2.24. The molecule has 1 heterocycles. The van der Waals surface area contributed by atoms with E-state index in [1.807, 2.05) is 6.07 Å². The van der Waals surface area contributed by atoms with Gasteiger partial charge in [-0.25, -0.2) is 13.1 Å². The number of carbonyl (C=O) groups is 1. The van der Waals surface area contributed by atoms with E-state index in [1.165, 1.54) is 0 Å². The second-order valence-electron chi connectivity index (χ2n) is 6.19. The van der Waals surface area contributed by atoms with Crippen molar-refractivity contribution in [3.05, 3.63) is 35.4 Å². The summed E-state index contributed by atoms with van der Waals surface area (Å²) in [6.45, 7) is 0.817. The van der Waals surface area contributed by atoms with Crippen molar-refractivity contribution in [2.24, 2.45) is 0 Å². The van der Waals surface area contributed by atoms with Gasteiger partial charge in [0.25, 0.3) is 5.91 Å². The Hall–Kier alpha value is -1.44. The van der Waals surface area contributed by atoms with Crippen LogP contribution in [0.25, 0.3) is 0 Å². The van der Waals surface area contributed by atoms with Crippen molar-refractivity contribution in [1.29, 1.82) is 0 Å². The van der Waals surface area contributed by atoms with Crippen LogP contribution in [0.15, 0.2) is 24.3 Å². The summed E-state index contributed by atoms with van der Waals surface area (Å²) in [4.78, 5) is 12.0. The van der Waals surface area contributed by atoms with Gasteiger partial charge in [0.1, 0.15) is 0 Å². The predicted molar refractivity (Wildman–Crippen MR) is 86.5 cm³/mol. The summed E-state index contributed by atoms with van der Waals surface area (Å²) in [7, 11) is -3.38. The highest BCUT2D eigenvalue weighted by molar-refractivity contribution is 7.89. The van der Waals surface area contributed by atoms with Gasteiger partial charge in [0, 0.05) is 24.8 Å². The van der Waals surface area contributed by atoms with Crippen LogP contribution in [0.4, 0.5) is 0 Å². The fraction of sp³-hybridized carbons (Fsp3) is 0.562. The van der Waals surface area contributed by atoms with Crippen LogP contribution in [-0.4, -0.2) is 38.8 Å². The van der Waals surface area contributed by atoms with Crippen molar-refractivity contribution < 1.29 is 17.9 Å². The quantitative estimate of drug-likeness (QED) is 0.782. The van der Waals surface area contributed by atoms with Crippen molar-refractivity contribution in [3.8, 4) is 0 Å². The fourth-order valence-corrected chi connectivity index (χ4v) is 3.85. The van der Waals surface area contributed by atoms with Crippen molar-refractivity contribution in [2.75, 3.05) is 12.4 Å². The average molecular weight is 338 g/mol. The number of ether oxygens (including phenoxy) is 1. The molecule has 1 aliphatic heterocycles. The van der Waals surface area contributed by atoms with E-state index in [1.54, 1.807) is 18.2 Å². The zero-order valence-electron chi connectivity index (χ0n) is 13.0. The Labute approximate surface area is 136 Å². The lowest BCUT2D eigenvalue weighted by Crippen LogP contribution is -2.31. The monoisotopic (exact) mass is 338 g/mol. The maximum Gasteiger partial charge on any atom is 0.251 e. The third-order valence-corrected chi connectivity index (χ3v) is 5.42. The number of rotatable bonds is 7. The minimum Gasteiger partial charge on any atom is -0.377 e. The maximum absolute atomic E-state index is 12.1. The number of benzene rings is 1. The van der Waals surface area contributed by atoms with Gasteiger partial charge in [0.15, 0.2) is 0 Å². The van der Waals surface area contributed by atoms with Crippen LogP contribution in [0, 0.1) is 0 Å². The molecule has 1 atom stereocenters.